The van der Waals surface area contributed by atoms with E-state index in [4.69, 9.17) is 0 Å². The number of nitrogens with zero attached hydrogens (tertiary/aromatic N) is 3. The van der Waals surface area contributed by atoms with Gasteiger partial charge in [-0.2, -0.15) is 0 Å². The van der Waals surface area contributed by atoms with Crippen molar-refractivity contribution in [2.45, 2.75) is 25.5 Å². The lowest BCUT2D eigenvalue weighted by atomic mass is 9.84. The molecular weight excluding hydrogens is 278 g/mol. The SMILES string of the molecule is CC(=O)N1CC[C@H](O)[C@@H]([C@@H]2c3ccccc3-c3cncn32)C1. The van der Waals surface area contributed by atoms with Crippen molar-refractivity contribution in [1.29, 1.82) is 0 Å². The van der Waals surface area contributed by atoms with Gasteiger partial charge in [-0.1, -0.05) is 24.3 Å². The molecule has 0 radical (unpaired) electrons. The third kappa shape index (κ3) is 1.89. The molecule has 2 aromatic rings. The largest absolute Gasteiger partial charge is 0.393 e. The molecule has 0 bridgehead atoms. The Hall–Kier alpha value is -2.14. The van der Waals surface area contributed by atoms with Crippen molar-refractivity contribution < 1.29 is 9.90 Å². The summed E-state index contributed by atoms with van der Waals surface area (Å²) in [4.78, 5) is 17.8. The number of aromatic nitrogens is 2. The number of carbonyl (C=O) groups is 1. The van der Waals surface area contributed by atoms with Gasteiger partial charge in [0.1, 0.15) is 0 Å². The number of rotatable bonds is 1. The molecule has 1 aromatic heterocycles. The van der Waals surface area contributed by atoms with E-state index in [0.29, 0.717) is 19.5 Å². The highest BCUT2D eigenvalue weighted by Crippen LogP contribution is 2.44. The monoisotopic (exact) mass is 297 g/mol. The lowest BCUT2D eigenvalue weighted by molar-refractivity contribution is -0.133. The topological polar surface area (TPSA) is 58.4 Å². The van der Waals surface area contributed by atoms with Crippen molar-refractivity contribution in [1.82, 2.24) is 14.5 Å². The van der Waals surface area contributed by atoms with E-state index in [1.807, 2.05) is 29.6 Å². The molecule has 0 saturated carbocycles. The first kappa shape index (κ1) is 13.5. The molecule has 1 saturated heterocycles. The number of likely N-dealkylation sites (tertiary alicyclic amines) is 1. The van der Waals surface area contributed by atoms with Crippen LogP contribution >= 0.6 is 0 Å². The van der Waals surface area contributed by atoms with E-state index in [0.717, 1.165) is 5.69 Å². The highest BCUT2D eigenvalue weighted by atomic mass is 16.3. The number of carbonyl (C=O) groups excluding carboxylic acids is 1. The second-order valence-electron chi connectivity index (χ2n) is 6.20. The van der Waals surface area contributed by atoms with Crippen LogP contribution in [0, 0.1) is 5.92 Å². The summed E-state index contributed by atoms with van der Waals surface area (Å²) in [5.74, 6) is 0.0725. The van der Waals surface area contributed by atoms with Crippen molar-refractivity contribution in [3.05, 3.63) is 42.4 Å². The first-order chi connectivity index (χ1) is 10.7. The predicted octanol–water partition coefficient (Wildman–Crippen LogP) is 1.68. The molecule has 4 rings (SSSR count). The van der Waals surface area contributed by atoms with Gasteiger partial charge in [0.15, 0.2) is 0 Å². The van der Waals surface area contributed by atoms with Crippen LogP contribution in [0.15, 0.2) is 36.8 Å². The molecule has 0 unspecified atom stereocenters. The summed E-state index contributed by atoms with van der Waals surface area (Å²) in [5, 5.41) is 10.5. The van der Waals surface area contributed by atoms with Gasteiger partial charge in [-0.3, -0.25) is 4.79 Å². The van der Waals surface area contributed by atoms with E-state index in [1.165, 1.54) is 11.1 Å². The standard InChI is InChI=1S/C17H19N3O2/c1-11(21)19-7-6-16(22)14(9-19)17-13-5-3-2-4-12(13)15-8-18-10-20(15)17/h2-5,8,10,14,16-17,22H,6-7,9H2,1H3/t14-,16-,17-/m0/s1. The average Bonchev–Trinajstić information content (AvgIpc) is 3.08. The van der Waals surface area contributed by atoms with E-state index in [9.17, 15) is 9.90 Å². The second kappa shape index (κ2) is 4.95. The Balaban J connectivity index is 1.77. The Labute approximate surface area is 129 Å². The van der Waals surface area contributed by atoms with Gasteiger partial charge in [-0.15, -0.1) is 0 Å². The fourth-order valence-corrected chi connectivity index (χ4v) is 3.88. The number of amides is 1. The lowest BCUT2D eigenvalue weighted by Crippen LogP contribution is -2.48. The molecule has 3 heterocycles. The van der Waals surface area contributed by atoms with Gasteiger partial charge < -0.3 is 14.6 Å². The Kier molecular flexibility index (Phi) is 3.04. The summed E-state index contributed by atoms with van der Waals surface area (Å²) in [5.41, 5.74) is 3.49. The van der Waals surface area contributed by atoms with Crippen LogP contribution < -0.4 is 0 Å². The normalized spacial score (nSPS) is 26.6. The third-order valence-electron chi connectivity index (χ3n) is 4.99. The molecule has 1 fully saturated rings. The molecule has 0 aliphatic carbocycles. The minimum atomic E-state index is -0.401. The highest BCUT2D eigenvalue weighted by Gasteiger charge is 2.40. The lowest BCUT2D eigenvalue weighted by Gasteiger charge is -2.39. The fraction of sp³-hybridized carbons (Fsp3) is 0.412. The van der Waals surface area contributed by atoms with Gasteiger partial charge in [-0.05, 0) is 12.0 Å². The number of piperidine rings is 1. The Morgan fingerprint density at radius 1 is 1.36 bits per heavy atom. The van der Waals surface area contributed by atoms with Gasteiger partial charge in [0.05, 0.1) is 30.4 Å². The zero-order valence-electron chi connectivity index (χ0n) is 12.5. The maximum atomic E-state index is 11.7. The van der Waals surface area contributed by atoms with Crippen LogP contribution in [0.2, 0.25) is 0 Å². The minimum Gasteiger partial charge on any atom is -0.393 e. The maximum absolute atomic E-state index is 11.7. The van der Waals surface area contributed by atoms with E-state index in [-0.39, 0.29) is 17.9 Å². The molecule has 1 N–H and O–H groups in total. The van der Waals surface area contributed by atoms with Crippen LogP contribution in [0.5, 0.6) is 0 Å². The number of hydrogen-bond acceptors (Lipinski definition) is 3. The summed E-state index contributed by atoms with van der Waals surface area (Å²) in [6.07, 6.45) is 3.94. The summed E-state index contributed by atoms with van der Waals surface area (Å²) in [6, 6.07) is 8.32. The summed E-state index contributed by atoms with van der Waals surface area (Å²) in [7, 11) is 0. The number of aliphatic hydroxyl groups excluding tert-OH is 1. The maximum Gasteiger partial charge on any atom is 0.219 e. The van der Waals surface area contributed by atoms with E-state index in [2.05, 4.69) is 21.7 Å². The molecule has 114 valence electrons. The van der Waals surface area contributed by atoms with Crippen LogP contribution in [0.3, 0.4) is 0 Å². The molecular formula is C17H19N3O2. The van der Waals surface area contributed by atoms with Gasteiger partial charge >= 0.3 is 0 Å². The smallest absolute Gasteiger partial charge is 0.219 e. The molecule has 3 atom stereocenters. The van der Waals surface area contributed by atoms with Crippen molar-refractivity contribution >= 4 is 5.91 Å². The molecule has 2 aliphatic heterocycles. The second-order valence-corrected chi connectivity index (χ2v) is 6.20. The van der Waals surface area contributed by atoms with Crippen LogP contribution in [0.4, 0.5) is 0 Å². The van der Waals surface area contributed by atoms with Crippen LogP contribution in [0.25, 0.3) is 11.3 Å². The summed E-state index contributed by atoms with van der Waals surface area (Å²) < 4.78 is 2.14. The van der Waals surface area contributed by atoms with Gasteiger partial charge in [-0.25, -0.2) is 4.98 Å². The number of imidazole rings is 1. The Morgan fingerprint density at radius 3 is 3.00 bits per heavy atom. The molecule has 1 amide bonds. The van der Waals surface area contributed by atoms with Crippen LogP contribution in [0.1, 0.15) is 24.9 Å². The fourth-order valence-electron chi connectivity index (χ4n) is 3.88. The van der Waals surface area contributed by atoms with Crippen molar-refractivity contribution in [3.63, 3.8) is 0 Å². The average molecular weight is 297 g/mol. The van der Waals surface area contributed by atoms with Gasteiger partial charge in [0, 0.05) is 31.5 Å². The number of aliphatic hydroxyl groups is 1. The molecule has 1 aromatic carbocycles. The van der Waals surface area contributed by atoms with Crippen molar-refractivity contribution in [2.24, 2.45) is 5.92 Å². The Morgan fingerprint density at radius 2 is 2.18 bits per heavy atom. The van der Waals surface area contributed by atoms with E-state index < -0.39 is 6.10 Å². The predicted molar refractivity (Wildman–Crippen MR) is 82.2 cm³/mol. The van der Waals surface area contributed by atoms with E-state index in [1.54, 1.807) is 6.92 Å². The van der Waals surface area contributed by atoms with Crippen molar-refractivity contribution in [3.8, 4) is 11.3 Å². The minimum absolute atomic E-state index is 0.00532. The first-order valence-corrected chi connectivity index (χ1v) is 7.71. The van der Waals surface area contributed by atoms with Gasteiger partial charge in [0.25, 0.3) is 0 Å². The van der Waals surface area contributed by atoms with Crippen LogP contribution in [-0.2, 0) is 4.79 Å². The van der Waals surface area contributed by atoms with E-state index >= 15 is 0 Å². The third-order valence-corrected chi connectivity index (χ3v) is 4.99. The summed E-state index contributed by atoms with van der Waals surface area (Å²) >= 11 is 0. The molecule has 0 spiro atoms. The number of fused-ring (bicyclic) bond motifs is 3. The van der Waals surface area contributed by atoms with Crippen molar-refractivity contribution in [2.75, 3.05) is 13.1 Å². The van der Waals surface area contributed by atoms with Gasteiger partial charge in [0.2, 0.25) is 5.91 Å². The first-order valence-electron chi connectivity index (χ1n) is 7.71. The number of benzene rings is 1. The Bertz CT molecular complexity index is 724. The zero-order chi connectivity index (χ0) is 15.3. The van der Waals surface area contributed by atoms with Crippen LogP contribution in [-0.4, -0.2) is 44.7 Å². The molecule has 5 nitrogen and oxygen atoms in total. The zero-order valence-corrected chi connectivity index (χ0v) is 12.5. The molecule has 2 aliphatic rings. The molecule has 5 heteroatoms. The summed E-state index contributed by atoms with van der Waals surface area (Å²) in [6.45, 7) is 2.82. The quantitative estimate of drug-likeness (QED) is 0.871. The molecule has 22 heavy (non-hydrogen) atoms. The number of hydrogen-bond donors (Lipinski definition) is 1. The highest BCUT2D eigenvalue weighted by molar-refractivity contribution is 5.73.